The van der Waals surface area contributed by atoms with Gasteiger partial charge < -0.3 is 25.0 Å². The number of unbranched alkanes of at least 4 members (excludes halogenated alkanes) is 1. The number of rotatable bonds is 11. The fourth-order valence-corrected chi connectivity index (χ4v) is 4.91. The number of carbonyl (C=O) groups excluding carboxylic acids is 1. The van der Waals surface area contributed by atoms with E-state index in [9.17, 15) is 4.79 Å². The van der Waals surface area contributed by atoms with Gasteiger partial charge in [0.15, 0.2) is 23.2 Å². The highest BCUT2D eigenvalue weighted by Gasteiger charge is 2.24. The SMILES string of the molecule is C#CCC.C/C=N\N1C=CC(Oc2ccc(Nc3ncnc4cc5c(nc34)N(CCCC)CC(C)CO5)cc2C)=CC1.CNC/C=C/C(C)=O. The fourth-order valence-electron chi connectivity index (χ4n) is 4.91. The Morgan fingerprint density at radius 2 is 2.06 bits per heavy atom. The summed E-state index contributed by atoms with van der Waals surface area (Å²) in [5.41, 5.74) is 3.38. The summed E-state index contributed by atoms with van der Waals surface area (Å²) in [6, 6.07) is 7.99. The maximum Gasteiger partial charge on any atom is 0.172 e. The number of nitrogens with one attached hydrogen (secondary N) is 2. The number of likely N-dealkylation sites (N-methyl/N-ethyl adjacent to an activating group) is 1. The standard InChI is InChI=1S/C29H35N7O2.C6H11NO.C4H6/c1-5-7-12-35-17-20(3)18-37-26-16-24-27(34-29(26)35)28(31-19-30-24)33-22-8-9-25(21(4)15-22)38-23-10-13-36(14-11-23)32-6-2;1-6(8)4-3-5-7-2;1-3-4-2/h6,8-11,13,15-16,19-20H,5,7,12,14,17-18H2,1-4H3,(H,30,31,33);3-4,7H,5H2,1-2H3;1H,4H2,2H3/b32-6-;4-3+;. The third kappa shape index (κ3) is 12.3. The molecule has 1 atom stereocenters. The van der Waals surface area contributed by atoms with Crippen molar-refractivity contribution in [1.82, 2.24) is 25.3 Å². The highest BCUT2D eigenvalue weighted by molar-refractivity contribution is 5.90. The van der Waals surface area contributed by atoms with E-state index in [1.54, 1.807) is 24.7 Å². The number of carbonyl (C=O) groups is 1. The van der Waals surface area contributed by atoms with Gasteiger partial charge in [0, 0.05) is 56.1 Å². The number of allylic oxidation sites excluding steroid dienone is 2. The Morgan fingerprint density at radius 1 is 1.26 bits per heavy atom. The average Bonchev–Trinajstić information content (AvgIpc) is 3.26. The van der Waals surface area contributed by atoms with Gasteiger partial charge >= 0.3 is 0 Å². The van der Waals surface area contributed by atoms with Crippen molar-refractivity contribution in [3.05, 3.63) is 72.4 Å². The molecule has 4 heterocycles. The lowest BCUT2D eigenvalue weighted by atomic mass is 10.2. The Hall–Kier alpha value is -5.21. The molecule has 1 aromatic carbocycles. The molecule has 0 bridgehead atoms. The molecule has 0 aliphatic carbocycles. The minimum Gasteiger partial charge on any atom is -0.489 e. The molecule has 50 heavy (non-hydrogen) atoms. The Labute approximate surface area is 297 Å². The van der Waals surface area contributed by atoms with E-state index in [1.165, 1.54) is 6.92 Å². The normalized spacial score (nSPS) is 15.2. The van der Waals surface area contributed by atoms with E-state index in [-0.39, 0.29) is 5.78 Å². The second kappa shape index (κ2) is 21.0. The number of aromatic nitrogens is 3. The molecular formula is C39H52N8O3. The first-order chi connectivity index (χ1) is 24.2. The molecule has 0 spiro atoms. The molecule has 2 aliphatic rings. The molecular weight excluding hydrogens is 628 g/mol. The van der Waals surface area contributed by atoms with Crippen molar-refractivity contribution in [3.8, 4) is 23.8 Å². The van der Waals surface area contributed by atoms with E-state index in [2.05, 4.69) is 50.4 Å². The van der Waals surface area contributed by atoms with Gasteiger partial charge in [-0.25, -0.2) is 15.0 Å². The molecule has 0 amide bonds. The lowest BCUT2D eigenvalue weighted by Crippen LogP contribution is -2.30. The third-order valence-electron chi connectivity index (χ3n) is 7.39. The molecule has 0 saturated carbocycles. The Kier molecular flexibility index (Phi) is 16.5. The molecule has 0 radical (unpaired) electrons. The van der Waals surface area contributed by atoms with E-state index < -0.39 is 0 Å². The van der Waals surface area contributed by atoms with Gasteiger partial charge in [-0.15, -0.1) is 12.3 Å². The number of pyridine rings is 1. The minimum atomic E-state index is 0.0975. The van der Waals surface area contributed by atoms with Crippen molar-refractivity contribution in [2.24, 2.45) is 11.0 Å². The molecule has 1 unspecified atom stereocenters. The highest BCUT2D eigenvalue weighted by atomic mass is 16.5. The zero-order chi connectivity index (χ0) is 36.3. The van der Waals surface area contributed by atoms with Gasteiger partial charge in [-0.3, -0.25) is 9.80 Å². The van der Waals surface area contributed by atoms with Crippen molar-refractivity contribution < 1.29 is 14.3 Å². The lowest BCUT2D eigenvalue weighted by molar-refractivity contribution is -0.112. The fraction of sp³-hybridized carbons (Fsp3) is 0.410. The predicted molar refractivity (Wildman–Crippen MR) is 205 cm³/mol. The smallest absolute Gasteiger partial charge is 0.172 e. The van der Waals surface area contributed by atoms with E-state index in [0.29, 0.717) is 24.9 Å². The number of ether oxygens (including phenoxy) is 2. The first-order valence-electron chi connectivity index (χ1n) is 17.2. The predicted octanol–water partition coefficient (Wildman–Crippen LogP) is 7.19. The van der Waals surface area contributed by atoms with E-state index in [0.717, 1.165) is 84.3 Å². The number of fused-ring (bicyclic) bond motifs is 2. The van der Waals surface area contributed by atoms with Crippen LogP contribution in [0.15, 0.2) is 72.0 Å². The summed E-state index contributed by atoms with van der Waals surface area (Å²) < 4.78 is 12.3. The first kappa shape index (κ1) is 39.2. The Balaban J connectivity index is 0.000000485. The van der Waals surface area contributed by atoms with Gasteiger partial charge in [0.1, 0.15) is 23.4 Å². The summed E-state index contributed by atoms with van der Waals surface area (Å²) in [5, 5.41) is 12.4. The van der Waals surface area contributed by atoms with Gasteiger partial charge in [-0.1, -0.05) is 33.3 Å². The van der Waals surface area contributed by atoms with Gasteiger partial charge in [0.2, 0.25) is 0 Å². The maximum atomic E-state index is 10.2. The molecule has 266 valence electrons. The van der Waals surface area contributed by atoms with Crippen LogP contribution < -0.4 is 25.0 Å². The molecule has 0 saturated heterocycles. The number of nitrogens with zero attached hydrogens (tertiary/aromatic N) is 6. The monoisotopic (exact) mass is 680 g/mol. The topological polar surface area (TPSA) is 117 Å². The number of benzene rings is 1. The van der Waals surface area contributed by atoms with Crippen LogP contribution in [0.5, 0.6) is 11.5 Å². The molecule has 11 nitrogen and oxygen atoms in total. The molecule has 0 fully saturated rings. The summed E-state index contributed by atoms with van der Waals surface area (Å²) in [4.78, 5) is 26.6. The van der Waals surface area contributed by atoms with Crippen LogP contribution in [-0.4, -0.2) is 71.8 Å². The number of anilines is 3. The first-order valence-corrected chi connectivity index (χ1v) is 17.2. The van der Waals surface area contributed by atoms with Crippen LogP contribution in [-0.2, 0) is 4.79 Å². The number of hydrogen-bond donors (Lipinski definition) is 2. The Morgan fingerprint density at radius 3 is 2.70 bits per heavy atom. The van der Waals surface area contributed by atoms with Gasteiger partial charge in [-0.2, -0.15) is 5.10 Å². The molecule has 2 aliphatic heterocycles. The average molecular weight is 681 g/mol. The third-order valence-corrected chi connectivity index (χ3v) is 7.39. The van der Waals surface area contributed by atoms with Crippen molar-refractivity contribution in [2.75, 3.05) is 50.1 Å². The second-order valence-corrected chi connectivity index (χ2v) is 11.9. The second-order valence-electron chi connectivity index (χ2n) is 11.9. The zero-order valence-electron chi connectivity index (χ0n) is 30.6. The van der Waals surface area contributed by atoms with Gasteiger partial charge in [-0.05, 0) is 76.2 Å². The van der Waals surface area contributed by atoms with Crippen LogP contribution in [0.4, 0.5) is 17.3 Å². The van der Waals surface area contributed by atoms with Crippen molar-refractivity contribution >= 4 is 40.4 Å². The number of terminal acetylenes is 1. The van der Waals surface area contributed by atoms with E-state index in [4.69, 9.17) is 20.9 Å². The van der Waals surface area contributed by atoms with Gasteiger partial charge in [0.05, 0.1) is 18.7 Å². The molecule has 11 heteroatoms. The van der Waals surface area contributed by atoms with Crippen LogP contribution in [0.3, 0.4) is 0 Å². The van der Waals surface area contributed by atoms with Crippen LogP contribution in [0.25, 0.3) is 11.0 Å². The summed E-state index contributed by atoms with van der Waals surface area (Å²) >= 11 is 0. The van der Waals surface area contributed by atoms with Crippen LogP contribution in [0, 0.1) is 25.2 Å². The summed E-state index contributed by atoms with van der Waals surface area (Å²) in [5.74, 6) is 6.86. The van der Waals surface area contributed by atoms with Crippen LogP contribution in [0.2, 0.25) is 0 Å². The minimum absolute atomic E-state index is 0.0975. The largest absolute Gasteiger partial charge is 0.489 e. The highest BCUT2D eigenvalue weighted by Crippen LogP contribution is 2.35. The van der Waals surface area contributed by atoms with Crippen molar-refractivity contribution in [2.45, 2.75) is 60.8 Å². The molecule has 5 rings (SSSR count). The van der Waals surface area contributed by atoms with Crippen molar-refractivity contribution in [1.29, 1.82) is 0 Å². The number of hydrazone groups is 1. The number of hydrogen-bond acceptors (Lipinski definition) is 11. The molecule has 2 N–H and O–H groups in total. The van der Waals surface area contributed by atoms with E-state index in [1.807, 2.05) is 75.4 Å². The number of aryl methyl sites for hydroxylation is 1. The summed E-state index contributed by atoms with van der Waals surface area (Å²) in [6.07, 6.45) is 20.4. The summed E-state index contributed by atoms with van der Waals surface area (Å²) in [7, 11) is 1.84. The van der Waals surface area contributed by atoms with Crippen LogP contribution >= 0.6 is 0 Å². The summed E-state index contributed by atoms with van der Waals surface area (Å²) in [6.45, 7) is 15.8. The maximum absolute atomic E-state index is 10.2. The number of ketones is 1. The molecule has 2 aromatic heterocycles. The quantitative estimate of drug-likeness (QED) is 0.122. The zero-order valence-corrected chi connectivity index (χ0v) is 30.6. The van der Waals surface area contributed by atoms with E-state index >= 15 is 0 Å². The Bertz CT molecular complexity index is 1710. The van der Waals surface area contributed by atoms with Crippen LogP contribution in [0.1, 0.15) is 59.4 Å². The van der Waals surface area contributed by atoms with Gasteiger partial charge in [0.25, 0.3) is 0 Å². The lowest BCUT2D eigenvalue weighted by Gasteiger charge is -2.24. The molecule has 3 aromatic rings. The van der Waals surface area contributed by atoms with Crippen molar-refractivity contribution in [3.63, 3.8) is 0 Å².